The minimum atomic E-state index is -0.169. The van der Waals surface area contributed by atoms with Gasteiger partial charge in [-0.1, -0.05) is 55.5 Å². The van der Waals surface area contributed by atoms with Crippen LogP contribution < -0.4 is 5.73 Å². The third-order valence-corrected chi connectivity index (χ3v) is 4.54. The van der Waals surface area contributed by atoms with Gasteiger partial charge in [-0.3, -0.25) is 4.79 Å². The molecule has 0 aliphatic carbocycles. The first-order valence-corrected chi connectivity index (χ1v) is 7.78. The zero-order valence-electron chi connectivity index (χ0n) is 13.1. The van der Waals surface area contributed by atoms with E-state index in [0.29, 0.717) is 13.1 Å². The average molecular weight is 294 g/mol. The van der Waals surface area contributed by atoms with Gasteiger partial charge in [0.15, 0.2) is 0 Å². The molecule has 0 fully saturated rings. The lowest BCUT2D eigenvalue weighted by atomic mass is 9.97. The van der Waals surface area contributed by atoms with Gasteiger partial charge in [0, 0.05) is 19.1 Å². The predicted molar refractivity (Wildman–Crippen MR) is 88.9 cm³/mol. The summed E-state index contributed by atoms with van der Waals surface area (Å²) in [6.45, 7) is 5.08. The van der Waals surface area contributed by atoms with E-state index in [1.807, 2.05) is 30.9 Å². The summed E-state index contributed by atoms with van der Waals surface area (Å²) in [5.41, 5.74) is 10.8. The summed E-state index contributed by atoms with van der Waals surface area (Å²) in [5.74, 6) is -0.0427. The Morgan fingerprint density at radius 2 is 1.41 bits per heavy atom. The van der Waals surface area contributed by atoms with Gasteiger partial charge in [-0.2, -0.15) is 0 Å². The Kier molecular flexibility index (Phi) is 3.99. The topological polar surface area (TPSA) is 46.3 Å². The molecule has 0 radical (unpaired) electrons. The first-order chi connectivity index (χ1) is 10.6. The normalized spacial score (nSPS) is 16.2. The molecule has 3 nitrogen and oxygen atoms in total. The summed E-state index contributed by atoms with van der Waals surface area (Å²) in [5, 5.41) is 0. The zero-order valence-corrected chi connectivity index (χ0v) is 13.1. The fourth-order valence-electron chi connectivity index (χ4n) is 2.98. The molecular weight excluding hydrogens is 272 g/mol. The molecule has 0 aromatic heterocycles. The highest BCUT2D eigenvalue weighted by molar-refractivity contribution is 5.81. The SMILES string of the molecule is CC(N)C(C)C(=O)N1Cc2ccccc2-c2ccccc2C1. The molecule has 0 saturated carbocycles. The summed E-state index contributed by atoms with van der Waals surface area (Å²) in [7, 11) is 0. The van der Waals surface area contributed by atoms with Crippen LogP contribution >= 0.6 is 0 Å². The Morgan fingerprint density at radius 1 is 0.955 bits per heavy atom. The van der Waals surface area contributed by atoms with Crippen LogP contribution in [0.4, 0.5) is 0 Å². The molecule has 2 aromatic carbocycles. The van der Waals surface area contributed by atoms with Gasteiger partial charge in [0.2, 0.25) is 5.91 Å². The van der Waals surface area contributed by atoms with Crippen LogP contribution in [0.25, 0.3) is 11.1 Å². The van der Waals surface area contributed by atoms with E-state index < -0.39 is 0 Å². The molecule has 2 N–H and O–H groups in total. The highest BCUT2D eigenvalue weighted by atomic mass is 16.2. The van der Waals surface area contributed by atoms with Gasteiger partial charge in [-0.15, -0.1) is 0 Å². The first-order valence-electron chi connectivity index (χ1n) is 7.78. The standard InChI is InChI=1S/C19H22N2O/c1-13(14(2)20)19(22)21-11-15-7-3-5-9-17(15)18-10-6-4-8-16(18)12-21/h3-10,13-14H,11-12,20H2,1-2H3. The van der Waals surface area contributed by atoms with E-state index in [1.54, 1.807) is 0 Å². The molecule has 0 saturated heterocycles. The van der Waals surface area contributed by atoms with Gasteiger partial charge in [0.25, 0.3) is 0 Å². The largest absolute Gasteiger partial charge is 0.334 e. The van der Waals surface area contributed by atoms with Crippen molar-refractivity contribution in [1.82, 2.24) is 4.90 Å². The molecule has 1 heterocycles. The minimum absolute atomic E-state index is 0.126. The Bertz CT molecular complexity index is 646. The van der Waals surface area contributed by atoms with Gasteiger partial charge in [-0.05, 0) is 29.2 Å². The van der Waals surface area contributed by atoms with E-state index in [4.69, 9.17) is 5.73 Å². The lowest BCUT2D eigenvalue weighted by Crippen LogP contribution is -2.40. The molecule has 22 heavy (non-hydrogen) atoms. The molecular formula is C19H22N2O. The number of fused-ring (bicyclic) bond motifs is 3. The molecule has 2 unspecified atom stereocenters. The van der Waals surface area contributed by atoms with Crippen molar-refractivity contribution in [1.29, 1.82) is 0 Å². The highest BCUT2D eigenvalue weighted by Crippen LogP contribution is 2.32. The Morgan fingerprint density at radius 3 is 1.86 bits per heavy atom. The van der Waals surface area contributed by atoms with Crippen LogP contribution in [-0.2, 0) is 17.9 Å². The van der Waals surface area contributed by atoms with Gasteiger partial charge < -0.3 is 10.6 Å². The van der Waals surface area contributed by atoms with Gasteiger partial charge in [0.1, 0.15) is 0 Å². The summed E-state index contributed by atoms with van der Waals surface area (Å²) in [6, 6.07) is 16.5. The van der Waals surface area contributed by atoms with Gasteiger partial charge >= 0.3 is 0 Å². The number of nitrogens with zero attached hydrogens (tertiary/aromatic N) is 1. The van der Waals surface area contributed by atoms with E-state index in [9.17, 15) is 4.79 Å². The van der Waals surface area contributed by atoms with E-state index in [1.165, 1.54) is 22.3 Å². The lowest BCUT2D eigenvalue weighted by Gasteiger charge is -2.26. The molecule has 114 valence electrons. The van der Waals surface area contributed by atoms with Crippen molar-refractivity contribution in [2.24, 2.45) is 11.7 Å². The van der Waals surface area contributed by atoms with E-state index in [0.717, 1.165) is 0 Å². The van der Waals surface area contributed by atoms with E-state index in [2.05, 4.69) is 36.4 Å². The second kappa shape index (κ2) is 5.93. The van der Waals surface area contributed by atoms with Crippen LogP contribution in [0.5, 0.6) is 0 Å². The van der Waals surface area contributed by atoms with Crippen LogP contribution in [0.1, 0.15) is 25.0 Å². The fraction of sp³-hybridized carbons (Fsp3) is 0.316. The maximum absolute atomic E-state index is 12.8. The summed E-state index contributed by atoms with van der Waals surface area (Å²) >= 11 is 0. The first kappa shape index (κ1) is 14.8. The average Bonchev–Trinajstić information content (AvgIpc) is 2.70. The van der Waals surface area contributed by atoms with Crippen LogP contribution in [0.3, 0.4) is 0 Å². The van der Waals surface area contributed by atoms with Crippen LogP contribution in [0.15, 0.2) is 48.5 Å². The van der Waals surface area contributed by atoms with Crippen LogP contribution in [0, 0.1) is 5.92 Å². The third-order valence-electron chi connectivity index (χ3n) is 4.54. The maximum Gasteiger partial charge on any atom is 0.227 e. The molecule has 0 spiro atoms. The number of nitrogens with two attached hydrogens (primary N) is 1. The van der Waals surface area contributed by atoms with Crippen molar-refractivity contribution >= 4 is 5.91 Å². The fourth-order valence-corrected chi connectivity index (χ4v) is 2.98. The molecule has 2 aromatic rings. The number of carbonyl (C=O) groups excluding carboxylic acids is 1. The van der Waals surface area contributed by atoms with Crippen molar-refractivity contribution < 1.29 is 4.79 Å². The summed E-state index contributed by atoms with van der Waals surface area (Å²) in [4.78, 5) is 14.7. The lowest BCUT2D eigenvalue weighted by molar-refractivity contribution is -0.136. The molecule has 0 bridgehead atoms. The minimum Gasteiger partial charge on any atom is -0.334 e. The maximum atomic E-state index is 12.8. The predicted octanol–water partition coefficient (Wildman–Crippen LogP) is 3.18. The number of carbonyl (C=O) groups is 1. The van der Waals surface area contributed by atoms with E-state index >= 15 is 0 Å². The quantitative estimate of drug-likeness (QED) is 0.924. The summed E-state index contributed by atoms with van der Waals surface area (Å²) in [6.07, 6.45) is 0. The number of rotatable bonds is 2. The van der Waals surface area contributed by atoms with Gasteiger partial charge in [-0.25, -0.2) is 0 Å². The van der Waals surface area contributed by atoms with Crippen LogP contribution in [-0.4, -0.2) is 16.8 Å². The van der Waals surface area contributed by atoms with Crippen LogP contribution in [0.2, 0.25) is 0 Å². The molecule has 3 rings (SSSR count). The smallest absolute Gasteiger partial charge is 0.227 e. The zero-order chi connectivity index (χ0) is 15.7. The van der Waals surface area contributed by atoms with Gasteiger partial charge in [0.05, 0.1) is 5.92 Å². The molecule has 3 heteroatoms. The number of amides is 1. The Balaban J connectivity index is 2.04. The number of hydrogen-bond acceptors (Lipinski definition) is 2. The molecule has 1 amide bonds. The molecule has 2 atom stereocenters. The van der Waals surface area contributed by atoms with Crippen molar-refractivity contribution in [2.75, 3.05) is 0 Å². The van der Waals surface area contributed by atoms with Crippen molar-refractivity contribution in [3.63, 3.8) is 0 Å². The van der Waals surface area contributed by atoms with Crippen molar-refractivity contribution in [2.45, 2.75) is 33.0 Å². The second-order valence-electron chi connectivity index (χ2n) is 6.16. The summed E-state index contributed by atoms with van der Waals surface area (Å²) < 4.78 is 0. The highest BCUT2D eigenvalue weighted by Gasteiger charge is 2.27. The number of hydrogen-bond donors (Lipinski definition) is 1. The number of benzene rings is 2. The van der Waals surface area contributed by atoms with Crippen molar-refractivity contribution in [3.05, 3.63) is 59.7 Å². The molecule has 1 aliphatic rings. The van der Waals surface area contributed by atoms with E-state index in [-0.39, 0.29) is 17.9 Å². The van der Waals surface area contributed by atoms with Crippen molar-refractivity contribution in [3.8, 4) is 11.1 Å². The Hall–Kier alpha value is -2.13. The monoisotopic (exact) mass is 294 g/mol. The Labute approximate surface area is 131 Å². The third kappa shape index (κ3) is 2.64. The second-order valence-corrected chi connectivity index (χ2v) is 6.16. The molecule has 1 aliphatic heterocycles.